The second-order valence-corrected chi connectivity index (χ2v) is 5.51. The van der Waals surface area contributed by atoms with Gasteiger partial charge in [0.2, 0.25) is 11.8 Å². The molecule has 5 nitrogen and oxygen atoms in total. The third-order valence-electron chi connectivity index (χ3n) is 3.84. The number of nitrogens with two attached hydrogens (primary N) is 1. The van der Waals surface area contributed by atoms with Crippen LogP contribution in [0.2, 0.25) is 0 Å². The molecule has 0 aromatic heterocycles. The van der Waals surface area contributed by atoms with E-state index in [-0.39, 0.29) is 17.7 Å². The van der Waals surface area contributed by atoms with E-state index < -0.39 is 0 Å². The summed E-state index contributed by atoms with van der Waals surface area (Å²) in [5, 5.41) is 2.91. The van der Waals surface area contributed by atoms with Crippen molar-refractivity contribution in [3.63, 3.8) is 0 Å². The molecule has 1 aliphatic heterocycles. The van der Waals surface area contributed by atoms with Crippen LogP contribution >= 0.6 is 0 Å². The third-order valence-corrected chi connectivity index (χ3v) is 3.84. The first kappa shape index (κ1) is 15.5. The molecule has 21 heavy (non-hydrogen) atoms. The van der Waals surface area contributed by atoms with E-state index in [0.29, 0.717) is 25.9 Å². The van der Waals surface area contributed by atoms with E-state index >= 15 is 0 Å². The Balaban J connectivity index is 1.88. The number of nitrogens with zero attached hydrogens (tertiary/aromatic N) is 1. The molecule has 1 heterocycles. The summed E-state index contributed by atoms with van der Waals surface area (Å²) in [6, 6.07) is 7.78. The fraction of sp³-hybridized carbons (Fsp3) is 0.500. The fourth-order valence-electron chi connectivity index (χ4n) is 2.46. The van der Waals surface area contributed by atoms with Gasteiger partial charge in [0.05, 0.1) is 0 Å². The summed E-state index contributed by atoms with van der Waals surface area (Å²) in [4.78, 5) is 25.3. The van der Waals surface area contributed by atoms with E-state index in [1.54, 1.807) is 0 Å². The third kappa shape index (κ3) is 4.04. The molecule has 1 atom stereocenters. The number of carbonyl (C=O) groups excluding carboxylic acids is 2. The van der Waals surface area contributed by atoms with Crippen LogP contribution in [0.15, 0.2) is 24.3 Å². The van der Waals surface area contributed by atoms with Gasteiger partial charge in [-0.1, -0.05) is 19.1 Å². The number of amides is 2. The number of hydrogen-bond donors (Lipinski definition) is 2. The van der Waals surface area contributed by atoms with Crippen molar-refractivity contribution >= 4 is 17.5 Å². The predicted molar refractivity (Wildman–Crippen MR) is 82.7 cm³/mol. The zero-order valence-electron chi connectivity index (χ0n) is 12.5. The average Bonchev–Trinajstić information content (AvgIpc) is 2.91. The molecule has 5 heteroatoms. The van der Waals surface area contributed by atoms with Gasteiger partial charge in [-0.05, 0) is 37.1 Å². The molecule has 1 unspecified atom stereocenters. The highest BCUT2D eigenvalue weighted by molar-refractivity contribution is 5.95. The van der Waals surface area contributed by atoms with Gasteiger partial charge in [0.15, 0.2) is 0 Å². The predicted octanol–water partition coefficient (Wildman–Crippen LogP) is 1.41. The molecule has 1 aliphatic rings. The van der Waals surface area contributed by atoms with Crippen LogP contribution in [0, 0.1) is 5.92 Å². The van der Waals surface area contributed by atoms with Crippen molar-refractivity contribution in [3.05, 3.63) is 29.8 Å². The van der Waals surface area contributed by atoms with Crippen molar-refractivity contribution in [2.75, 3.05) is 18.0 Å². The van der Waals surface area contributed by atoms with Gasteiger partial charge in [-0.2, -0.15) is 0 Å². The first-order valence-corrected chi connectivity index (χ1v) is 7.49. The van der Waals surface area contributed by atoms with Crippen LogP contribution in [0.25, 0.3) is 0 Å². The van der Waals surface area contributed by atoms with Gasteiger partial charge < -0.3 is 16.0 Å². The fourth-order valence-corrected chi connectivity index (χ4v) is 2.46. The Hall–Kier alpha value is -1.88. The van der Waals surface area contributed by atoms with E-state index in [1.165, 1.54) is 0 Å². The second-order valence-electron chi connectivity index (χ2n) is 5.51. The van der Waals surface area contributed by atoms with Gasteiger partial charge in [0.25, 0.3) is 0 Å². The maximum Gasteiger partial charge on any atom is 0.227 e. The van der Waals surface area contributed by atoms with Crippen LogP contribution < -0.4 is 16.0 Å². The number of carbonyl (C=O) groups is 2. The molecule has 0 aliphatic carbocycles. The Kier molecular flexibility index (Phi) is 5.33. The topological polar surface area (TPSA) is 75.4 Å². The summed E-state index contributed by atoms with van der Waals surface area (Å²) in [5.74, 6) is 0.155. The number of nitrogens with one attached hydrogen (secondary N) is 1. The van der Waals surface area contributed by atoms with Crippen molar-refractivity contribution in [2.24, 2.45) is 11.7 Å². The van der Waals surface area contributed by atoms with Gasteiger partial charge >= 0.3 is 0 Å². The zero-order chi connectivity index (χ0) is 15.2. The minimum atomic E-state index is -0.0588. The molecule has 2 amide bonds. The highest BCUT2D eigenvalue weighted by atomic mass is 16.2. The van der Waals surface area contributed by atoms with Gasteiger partial charge in [0, 0.05) is 31.1 Å². The van der Waals surface area contributed by atoms with E-state index in [0.717, 1.165) is 24.2 Å². The molecule has 114 valence electrons. The Morgan fingerprint density at radius 1 is 1.38 bits per heavy atom. The Labute approximate surface area is 125 Å². The summed E-state index contributed by atoms with van der Waals surface area (Å²) >= 11 is 0. The number of hydrogen-bond acceptors (Lipinski definition) is 3. The minimum absolute atomic E-state index is 0.0271. The summed E-state index contributed by atoms with van der Waals surface area (Å²) in [7, 11) is 0. The molecule has 0 radical (unpaired) electrons. The monoisotopic (exact) mass is 289 g/mol. The molecule has 0 bridgehead atoms. The van der Waals surface area contributed by atoms with Crippen molar-refractivity contribution < 1.29 is 9.59 Å². The van der Waals surface area contributed by atoms with E-state index in [1.807, 2.05) is 36.1 Å². The maximum absolute atomic E-state index is 11.8. The Bertz CT molecular complexity index is 499. The highest BCUT2D eigenvalue weighted by Gasteiger charge is 2.21. The van der Waals surface area contributed by atoms with Gasteiger partial charge in [0.1, 0.15) is 0 Å². The van der Waals surface area contributed by atoms with Crippen LogP contribution in [0.4, 0.5) is 5.69 Å². The van der Waals surface area contributed by atoms with Crippen LogP contribution in [0.5, 0.6) is 0 Å². The molecular formula is C16H23N3O2. The van der Waals surface area contributed by atoms with Crippen molar-refractivity contribution in [3.8, 4) is 0 Å². The largest absolute Gasteiger partial charge is 0.352 e. The SMILES string of the molecule is CC(CCN)C(=O)NCc1ccc(N2CCCC2=O)cc1. The van der Waals surface area contributed by atoms with Gasteiger partial charge in [-0.3, -0.25) is 9.59 Å². The quantitative estimate of drug-likeness (QED) is 0.831. The second kappa shape index (κ2) is 7.22. The summed E-state index contributed by atoms with van der Waals surface area (Å²) in [5.41, 5.74) is 7.41. The molecule has 0 spiro atoms. The van der Waals surface area contributed by atoms with Crippen molar-refractivity contribution in [1.29, 1.82) is 0 Å². The Morgan fingerprint density at radius 3 is 2.67 bits per heavy atom. The average molecular weight is 289 g/mol. The van der Waals surface area contributed by atoms with Crippen LogP contribution in [-0.2, 0) is 16.1 Å². The zero-order valence-corrected chi connectivity index (χ0v) is 12.5. The molecule has 3 N–H and O–H groups in total. The molecule has 1 aromatic rings. The van der Waals surface area contributed by atoms with Gasteiger partial charge in [-0.25, -0.2) is 0 Å². The van der Waals surface area contributed by atoms with Crippen molar-refractivity contribution in [1.82, 2.24) is 5.32 Å². The molecule has 1 aromatic carbocycles. The molecule has 1 fully saturated rings. The Morgan fingerprint density at radius 2 is 2.10 bits per heavy atom. The van der Waals surface area contributed by atoms with E-state index in [4.69, 9.17) is 5.73 Å². The molecular weight excluding hydrogens is 266 g/mol. The highest BCUT2D eigenvalue weighted by Crippen LogP contribution is 2.21. The molecule has 2 rings (SSSR count). The van der Waals surface area contributed by atoms with Crippen LogP contribution in [0.1, 0.15) is 31.7 Å². The van der Waals surface area contributed by atoms with Crippen LogP contribution in [0.3, 0.4) is 0 Å². The summed E-state index contributed by atoms with van der Waals surface area (Å²) < 4.78 is 0. The normalized spacial score (nSPS) is 16.1. The number of rotatable bonds is 6. The minimum Gasteiger partial charge on any atom is -0.352 e. The summed E-state index contributed by atoms with van der Waals surface area (Å²) in [6.45, 7) is 3.70. The van der Waals surface area contributed by atoms with Crippen molar-refractivity contribution in [2.45, 2.75) is 32.7 Å². The van der Waals surface area contributed by atoms with Gasteiger partial charge in [-0.15, -0.1) is 0 Å². The molecule has 0 saturated carbocycles. The lowest BCUT2D eigenvalue weighted by Crippen LogP contribution is -2.30. The first-order chi connectivity index (χ1) is 10.1. The lowest BCUT2D eigenvalue weighted by molar-refractivity contribution is -0.124. The maximum atomic E-state index is 11.8. The molecule has 1 saturated heterocycles. The standard InChI is InChI=1S/C16H23N3O2/c1-12(8-9-17)16(21)18-11-13-4-6-14(7-5-13)19-10-2-3-15(19)20/h4-7,12H,2-3,8-11,17H2,1H3,(H,18,21). The summed E-state index contributed by atoms with van der Waals surface area (Å²) in [6.07, 6.45) is 2.26. The lowest BCUT2D eigenvalue weighted by atomic mass is 10.1. The number of benzene rings is 1. The van der Waals surface area contributed by atoms with E-state index in [2.05, 4.69) is 5.32 Å². The van der Waals surface area contributed by atoms with Crippen LogP contribution in [-0.4, -0.2) is 24.9 Å². The first-order valence-electron chi connectivity index (χ1n) is 7.49. The lowest BCUT2D eigenvalue weighted by Gasteiger charge is -2.16. The number of anilines is 1. The van der Waals surface area contributed by atoms with E-state index in [9.17, 15) is 9.59 Å². The smallest absolute Gasteiger partial charge is 0.227 e.